The van der Waals surface area contributed by atoms with Gasteiger partial charge < -0.3 is 10.1 Å². The molecule has 1 aliphatic carbocycles. The second kappa shape index (κ2) is 6.07. The Hall–Kier alpha value is -0.290. The number of hydrogen-bond donors (Lipinski definition) is 1. The van der Waals surface area contributed by atoms with Gasteiger partial charge in [-0.15, -0.1) is 0 Å². The van der Waals surface area contributed by atoms with Crippen LogP contribution in [0, 0.1) is 15.4 Å². The van der Waals surface area contributed by atoms with E-state index in [1.807, 2.05) is 0 Å². The molecule has 3 atom stereocenters. The molecular weight excluding hydrogens is 373 g/mol. The molecule has 21 heavy (non-hydrogen) atoms. The summed E-state index contributed by atoms with van der Waals surface area (Å²) in [7, 11) is 0. The molecule has 2 aliphatic heterocycles. The molecule has 1 N–H and O–H groups in total. The van der Waals surface area contributed by atoms with Crippen molar-refractivity contribution >= 4 is 28.3 Å². The van der Waals surface area contributed by atoms with Gasteiger partial charge in [0.05, 0.1) is 12.2 Å². The lowest BCUT2D eigenvalue weighted by Crippen LogP contribution is -2.40. The molecule has 0 bridgehead atoms. The van der Waals surface area contributed by atoms with Crippen molar-refractivity contribution in [2.45, 2.75) is 57.2 Å². The summed E-state index contributed by atoms with van der Waals surface area (Å²) in [6.45, 7) is 1.08. The average Bonchev–Trinajstić information content (AvgIpc) is 2.55. The van der Waals surface area contributed by atoms with Gasteiger partial charge in [0.25, 0.3) is 0 Å². The number of hydrogen-bond acceptors (Lipinski definition) is 2. The summed E-state index contributed by atoms with van der Waals surface area (Å²) in [5.74, 6) is 1.48. The summed E-state index contributed by atoms with van der Waals surface area (Å²) in [5.41, 5.74) is 2.69. The highest BCUT2D eigenvalue weighted by molar-refractivity contribution is 14.1. The standard InChI is InChI=1S/C18H24INO/c19-14-7-8-16-15(10-14)18-13(11-20-16)6-9-17(21-18)12-4-2-1-3-5-12/h7-8,10,12-13,17-18,20H,1-6,9,11H2. The third-order valence-corrected chi connectivity index (χ3v) is 6.29. The molecule has 1 saturated carbocycles. The van der Waals surface area contributed by atoms with Crippen molar-refractivity contribution in [3.63, 3.8) is 0 Å². The van der Waals surface area contributed by atoms with Crippen LogP contribution in [0.3, 0.4) is 0 Å². The van der Waals surface area contributed by atoms with Crippen molar-refractivity contribution in [1.82, 2.24) is 0 Å². The van der Waals surface area contributed by atoms with Gasteiger partial charge in [0, 0.05) is 27.3 Å². The zero-order valence-corrected chi connectivity index (χ0v) is 14.6. The molecule has 2 nitrogen and oxygen atoms in total. The Morgan fingerprint density at radius 2 is 1.86 bits per heavy atom. The molecule has 1 aromatic carbocycles. The fourth-order valence-electron chi connectivity index (χ4n) is 4.46. The predicted octanol–water partition coefficient (Wildman–Crippen LogP) is 5.13. The maximum atomic E-state index is 6.67. The average molecular weight is 397 g/mol. The quantitative estimate of drug-likeness (QED) is 0.664. The summed E-state index contributed by atoms with van der Waals surface area (Å²) in [6, 6.07) is 6.73. The first-order chi connectivity index (χ1) is 10.3. The van der Waals surface area contributed by atoms with E-state index in [9.17, 15) is 0 Å². The monoisotopic (exact) mass is 397 g/mol. The van der Waals surface area contributed by atoms with Gasteiger partial charge in [0.15, 0.2) is 0 Å². The van der Waals surface area contributed by atoms with Crippen molar-refractivity contribution in [2.24, 2.45) is 11.8 Å². The van der Waals surface area contributed by atoms with Crippen molar-refractivity contribution in [2.75, 3.05) is 11.9 Å². The van der Waals surface area contributed by atoms with Crippen molar-refractivity contribution in [3.05, 3.63) is 27.3 Å². The van der Waals surface area contributed by atoms with E-state index in [4.69, 9.17) is 4.74 Å². The molecule has 114 valence electrons. The summed E-state index contributed by atoms with van der Waals surface area (Å²) < 4.78 is 7.98. The topological polar surface area (TPSA) is 21.3 Å². The van der Waals surface area contributed by atoms with Crippen molar-refractivity contribution in [3.8, 4) is 0 Å². The van der Waals surface area contributed by atoms with E-state index in [1.165, 1.54) is 59.8 Å². The minimum absolute atomic E-state index is 0.330. The van der Waals surface area contributed by atoms with Crippen molar-refractivity contribution < 1.29 is 4.74 Å². The zero-order chi connectivity index (χ0) is 14.2. The maximum Gasteiger partial charge on any atom is 0.0894 e. The Kier molecular flexibility index (Phi) is 4.14. The first-order valence-corrected chi connectivity index (χ1v) is 9.58. The molecule has 0 spiro atoms. The van der Waals surface area contributed by atoms with Gasteiger partial charge in [-0.3, -0.25) is 0 Å². The van der Waals surface area contributed by atoms with Gasteiger partial charge in [-0.05, 0) is 72.4 Å². The molecule has 3 heteroatoms. The van der Waals surface area contributed by atoms with E-state index < -0.39 is 0 Å². The fourth-order valence-corrected chi connectivity index (χ4v) is 4.97. The first-order valence-electron chi connectivity index (χ1n) is 8.50. The predicted molar refractivity (Wildman–Crippen MR) is 94.6 cm³/mol. The van der Waals surface area contributed by atoms with Gasteiger partial charge in [0.2, 0.25) is 0 Å². The molecule has 0 aromatic heterocycles. The lowest BCUT2D eigenvalue weighted by atomic mass is 9.78. The van der Waals surface area contributed by atoms with E-state index >= 15 is 0 Å². The Labute approximate surface area is 141 Å². The highest BCUT2D eigenvalue weighted by Gasteiger charge is 2.39. The molecule has 0 radical (unpaired) electrons. The van der Waals surface area contributed by atoms with Crippen LogP contribution in [0.25, 0.3) is 0 Å². The molecular formula is C18H24INO. The second-order valence-electron chi connectivity index (χ2n) is 6.94. The van der Waals surface area contributed by atoms with Crippen LogP contribution in [0.1, 0.15) is 56.6 Å². The van der Waals surface area contributed by atoms with E-state index in [0.717, 1.165) is 12.5 Å². The SMILES string of the molecule is Ic1ccc2c(c1)C1OC(C3CCCCC3)CCC1CN2. The van der Waals surface area contributed by atoms with Crippen LogP contribution in [0.15, 0.2) is 18.2 Å². The minimum Gasteiger partial charge on any atom is -0.384 e. The zero-order valence-electron chi connectivity index (χ0n) is 12.5. The summed E-state index contributed by atoms with van der Waals surface area (Å²) in [6.07, 6.45) is 10.5. The maximum absolute atomic E-state index is 6.67. The van der Waals surface area contributed by atoms with Crippen LogP contribution in [0.5, 0.6) is 0 Å². The van der Waals surface area contributed by atoms with Gasteiger partial charge in [-0.25, -0.2) is 0 Å². The first kappa shape index (κ1) is 14.3. The smallest absolute Gasteiger partial charge is 0.0894 e. The number of rotatable bonds is 1. The fraction of sp³-hybridized carbons (Fsp3) is 0.667. The van der Waals surface area contributed by atoms with Crippen molar-refractivity contribution in [1.29, 1.82) is 0 Å². The summed E-state index contributed by atoms with van der Waals surface area (Å²) in [4.78, 5) is 0. The van der Waals surface area contributed by atoms with E-state index in [1.54, 1.807) is 0 Å². The molecule has 0 amide bonds. The normalized spacial score (nSPS) is 32.9. The molecule has 2 heterocycles. The number of halogens is 1. The van der Waals surface area contributed by atoms with Crippen LogP contribution in [-0.4, -0.2) is 12.6 Å². The van der Waals surface area contributed by atoms with Crippen LogP contribution < -0.4 is 5.32 Å². The number of benzene rings is 1. The Morgan fingerprint density at radius 1 is 1.00 bits per heavy atom. The van der Waals surface area contributed by atoms with E-state index in [-0.39, 0.29) is 0 Å². The third kappa shape index (κ3) is 2.83. The molecule has 3 unspecified atom stereocenters. The van der Waals surface area contributed by atoms with Gasteiger partial charge in [-0.1, -0.05) is 19.3 Å². The molecule has 1 saturated heterocycles. The van der Waals surface area contributed by atoms with Crippen LogP contribution in [-0.2, 0) is 4.74 Å². The van der Waals surface area contributed by atoms with Crippen LogP contribution in [0.4, 0.5) is 5.69 Å². The van der Waals surface area contributed by atoms with E-state index in [2.05, 4.69) is 46.1 Å². The van der Waals surface area contributed by atoms with E-state index in [0.29, 0.717) is 18.1 Å². The molecule has 4 rings (SSSR count). The molecule has 2 fully saturated rings. The number of anilines is 1. The van der Waals surface area contributed by atoms with Gasteiger partial charge in [0.1, 0.15) is 0 Å². The Bertz CT molecular complexity index is 512. The number of ether oxygens (including phenoxy) is 1. The highest BCUT2D eigenvalue weighted by Crippen LogP contribution is 2.45. The summed E-state index contributed by atoms with van der Waals surface area (Å²) in [5, 5.41) is 3.60. The third-order valence-electron chi connectivity index (χ3n) is 5.62. The molecule has 1 aromatic rings. The Morgan fingerprint density at radius 3 is 2.71 bits per heavy atom. The lowest BCUT2D eigenvalue weighted by molar-refractivity contribution is -0.113. The largest absolute Gasteiger partial charge is 0.384 e. The number of nitrogens with one attached hydrogen (secondary N) is 1. The number of fused-ring (bicyclic) bond motifs is 3. The van der Waals surface area contributed by atoms with Gasteiger partial charge >= 0.3 is 0 Å². The second-order valence-corrected chi connectivity index (χ2v) is 8.19. The lowest BCUT2D eigenvalue weighted by Gasteiger charge is -2.44. The minimum atomic E-state index is 0.330. The van der Waals surface area contributed by atoms with Gasteiger partial charge in [-0.2, -0.15) is 0 Å². The molecule has 3 aliphatic rings. The Balaban J connectivity index is 1.56. The highest BCUT2D eigenvalue weighted by atomic mass is 127. The summed E-state index contributed by atoms with van der Waals surface area (Å²) >= 11 is 2.41. The van der Waals surface area contributed by atoms with Crippen LogP contribution >= 0.6 is 22.6 Å². The van der Waals surface area contributed by atoms with Crippen LogP contribution in [0.2, 0.25) is 0 Å².